The molecule has 0 aromatic heterocycles. The lowest BCUT2D eigenvalue weighted by Crippen LogP contribution is -2.10. The van der Waals surface area contributed by atoms with Crippen molar-refractivity contribution >= 4 is 5.78 Å². The average molecular weight is 254 g/mol. The maximum atomic E-state index is 11.9. The highest BCUT2D eigenvalue weighted by molar-refractivity contribution is 5.80. The number of ketones is 1. The third kappa shape index (κ3) is 10.8. The van der Waals surface area contributed by atoms with Gasteiger partial charge in [-0.05, 0) is 12.8 Å². The van der Waals surface area contributed by atoms with Crippen molar-refractivity contribution in [2.75, 3.05) is 0 Å². The molecule has 0 bridgehead atoms. The number of carbonyl (C=O) groups is 1. The van der Waals surface area contributed by atoms with Crippen LogP contribution in [-0.4, -0.2) is 5.78 Å². The normalized spacial score (nSPS) is 12.6. The Bertz CT molecular complexity index is 186. The van der Waals surface area contributed by atoms with E-state index in [1.165, 1.54) is 57.8 Å². The molecule has 18 heavy (non-hydrogen) atoms. The van der Waals surface area contributed by atoms with Gasteiger partial charge in [-0.15, -0.1) is 0 Å². The highest BCUT2D eigenvalue weighted by Gasteiger charge is 2.11. The lowest BCUT2D eigenvalue weighted by molar-refractivity contribution is -0.122. The summed E-state index contributed by atoms with van der Waals surface area (Å²) < 4.78 is 0. The first-order valence-electron chi connectivity index (χ1n) is 8.25. The fourth-order valence-corrected chi connectivity index (χ4v) is 2.36. The van der Waals surface area contributed by atoms with Crippen molar-refractivity contribution < 1.29 is 4.79 Å². The molecule has 0 rings (SSSR count). The van der Waals surface area contributed by atoms with Crippen LogP contribution >= 0.6 is 0 Å². The largest absolute Gasteiger partial charge is 0.299 e. The molecular weight excluding hydrogens is 220 g/mol. The molecule has 0 saturated carbocycles. The zero-order valence-corrected chi connectivity index (χ0v) is 13.0. The number of rotatable bonds is 13. The second-order valence-corrected chi connectivity index (χ2v) is 5.73. The van der Waals surface area contributed by atoms with E-state index in [1.807, 2.05) is 0 Å². The minimum absolute atomic E-state index is 0.303. The van der Waals surface area contributed by atoms with Crippen LogP contribution in [0.15, 0.2) is 0 Å². The number of hydrogen-bond donors (Lipinski definition) is 0. The summed E-state index contributed by atoms with van der Waals surface area (Å²) in [4.78, 5) is 11.9. The van der Waals surface area contributed by atoms with Crippen LogP contribution in [0.4, 0.5) is 0 Å². The van der Waals surface area contributed by atoms with E-state index in [2.05, 4.69) is 20.8 Å². The van der Waals surface area contributed by atoms with Crippen LogP contribution in [-0.2, 0) is 4.79 Å². The maximum Gasteiger partial charge on any atom is 0.135 e. The fraction of sp³-hybridized carbons (Fsp3) is 0.941. The quantitative estimate of drug-likeness (QED) is 0.373. The van der Waals surface area contributed by atoms with E-state index in [0.717, 1.165) is 19.3 Å². The Labute approximate surface area is 115 Å². The van der Waals surface area contributed by atoms with Crippen molar-refractivity contribution in [1.29, 1.82) is 0 Å². The lowest BCUT2D eigenvalue weighted by Gasteiger charge is -2.10. The molecule has 0 aromatic carbocycles. The highest BCUT2D eigenvalue weighted by atomic mass is 16.1. The first kappa shape index (κ1) is 17.7. The van der Waals surface area contributed by atoms with Gasteiger partial charge in [0.25, 0.3) is 0 Å². The molecule has 0 aliphatic rings. The standard InChI is InChI=1S/C17H34O/c1-4-6-8-10-11-13-15-17(18)16(3)14-12-9-7-5-2/h16H,4-15H2,1-3H3. The SMILES string of the molecule is CCCCCCCCC(=O)C(C)CCCCCC. The molecule has 0 amide bonds. The summed E-state index contributed by atoms with van der Waals surface area (Å²) >= 11 is 0. The summed E-state index contributed by atoms with van der Waals surface area (Å²) in [5, 5.41) is 0. The van der Waals surface area contributed by atoms with Crippen molar-refractivity contribution in [3.63, 3.8) is 0 Å². The second-order valence-electron chi connectivity index (χ2n) is 5.73. The van der Waals surface area contributed by atoms with Crippen molar-refractivity contribution in [2.24, 2.45) is 5.92 Å². The van der Waals surface area contributed by atoms with Gasteiger partial charge in [-0.2, -0.15) is 0 Å². The number of unbranched alkanes of at least 4 members (excludes halogenated alkanes) is 8. The summed E-state index contributed by atoms with van der Waals surface area (Å²) in [6.07, 6.45) is 14.7. The van der Waals surface area contributed by atoms with Gasteiger partial charge >= 0.3 is 0 Å². The third-order valence-corrected chi connectivity index (χ3v) is 3.82. The van der Waals surface area contributed by atoms with Crippen molar-refractivity contribution in [1.82, 2.24) is 0 Å². The summed E-state index contributed by atoms with van der Waals surface area (Å²) in [6.45, 7) is 6.59. The van der Waals surface area contributed by atoms with Crippen molar-refractivity contribution in [3.8, 4) is 0 Å². The molecule has 1 nitrogen and oxygen atoms in total. The summed E-state index contributed by atoms with van der Waals surface area (Å²) in [5.74, 6) is 0.805. The number of carbonyl (C=O) groups excluding carboxylic acids is 1. The lowest BCUT2D eigenvalue weighted by atomic mass is 9.95. The molecule has 0 aromatic rings. The van der Waals surface area contributed by atoms with Crippen LogP contribution in [0.25, 0.3) is 0 Å². The maximum absolute atomic E-state index is 11.9. The van der Waals surface area contributed by atoms with Gasteiger partial charge in [-0.3, -0.25) is 4.79 Å². The molecule has 0 fully saturated rings. The van der Waals surface area contributed by atoms with Gasteiger partial charge in [0.2, 0.25) is 0 Å². The minimum Gasteiger partial charge on any atom is -0.299 e. The Kier molecular flexibility index (Phi) is 12.9. The predicted molar refractivity (Wildman–Crippen MR) is 80.9 cm³/mol. The van der Waals surface area contributed by atoms with Gasteiger partial charge < -0.3 is 0 Å². The Morgan fingerprint density at radius 1 is 0.778 bits per heavy atom. The van der Waals surface area contributed by atoms with Crippen LogP contribution in [0.1, 0.15) is 97.8 Å². The predicted octanol–water partition coefficient (Wildman–Crippen LogP) is 5.91. The fourth-order valence-electron chi connectivity index (χ4n) is 2.36. The Morgan fingerprint density at radius 3 is 1.89 bits per heavy atom. The second kappa shape index (κ2) is 13.1. The molecule has 0 aliphatic heterocycles. The molecule has 0 saturated heterocycles. The summed E-state index contributed by atoms with van der Waals surface area (Å²) in [6, 6.07) is 0. The summed E-state index contributed by atoms with van der Waals surface area (Å²) in [5.41, 5.74) is 0. The van der Waals surface area contributed by atoms with Crippen molar-refractivity contribution in [2.45, 2.75) is 97.8 Å². The smallest absolute Gasteiger partial charge is 0.135 e. The van der Waals surface area contributed by atoms with Crippen LogP contribution in [0.5, 0.6) is 0 Å². The molecule has 1 atom stereocenters. The first-order chi connectivity index (χ1) is 8.72. The van der Waals surface area contributed by atoms with E-state index >= 15 is 0 Å². The molecule has 0 radical (unpaired) electrons. The molecule has 1 unspecified atom stereocenters. The van der Waals surface area contributed by atoms with Crippen LogP contribution in [0, 0.1) is 5.92 Å². The van der Waals surface area contributed by atoms with Gasteiger partial charge in [-0.25, -0.2) is 0 Å². The van der Waals surface area contributed by atoms with Gasteiger partial charge in [-0.1, -0.05) is 78.6 Å². The van der Waals surface area contributed by atoms with Gasteiger partial charge in [0.1, 0.15) is 5.78 Å². The van der Waals surface area contributed by atoms with E-state index < -0.39 is 0 Å². The Morgan fingerprint density at radius 2 is 1.28 bits per heavy atom. The third-order valence-electron chi connectivity index (χ3n) is 3.82. The van der Waals surface area contributed by atoms with E-state index in [1.54, 1.807) is 0 Å². The molecule has 0 heterocycles. The Balaban J connectivity index is 3.38. The Hall–Kier alpha value is -0.330. The van der Waals surface area contributed by atoms with E-state index in [9.17, 15) is 4.79 Å². The highest BCUT2D eigenvalue weighted by Crippen LogP contribution is 2.15. The van der Waals surface area contributed by atoms with Crippen LogP contribution in [0.3, 0.4) is 0 Å². The van der Waals surface area contributed by atoms with Gasteiger partial charge in [0.15, 0.2) is 0 Å². The zero-order chi connectivity index (χ0) is 13.6. The zero-order valence-electron chi connectivity index (χ0n) is 13.0. The molecular formula is C17H34O. The van der Waals surface area contributed by atoms with E-state index in [-0.39, 0.29) is 0 Å². The number of hydrogen-bond acceptors (Lipinski definition) is 1. The molecule has 108 valence electrons. The molecule has 0 aliphatic carbocycles. The monoisotopic (exact) mass is 254 g/mol. The molecule has 0 spiro atoms. The number of Topliss-reactive ketones (excluding diaryl/α,β-unsaturated/α-hetero) is 1. The molecule has 1 heteroatoms. The van der Waals surface area contributed by atoms with Crippen molar-refractivity contribution in [3.05, 3.63) is 0 Å². The van der Waals surface area contributed by atoms with Crippen LogP contribution < -0.4 is 0 Å². The summed E-state index contributed by atoms with van der Waals surface area (Å²) in [7, 11) is 0. The van der Waals surface area contributed by atoms with Crippen LogP contribution in [0.2, 0.25) is 0 Å². The van der Waals surface area contributed by atoms with E-state index in [4.69, 9.17) is 0 Å². The van der Waals surface area contributed by atoms with Gasteiger partial charge in [0.05, 0.1) is 0 Å². The van der Waals surface area contributed by atoms with E-state index in [0.29, 0.717) is 11.7 Å². The average Bonchev–Trinajstić information content (AvgIpc) is 2.38. The topological polar surface area (TPSA) is 17.1 Å². The van der Waals surface area contributed by atoms with Gasteiger partial charge in [0, 0.05) is 12.3 Å². The molecule has 0 N–H and O–H groups in total. The minimum atomic E-state index is 0.303. The first-order valence-corrected chi connectivity index (χ1v) is 8.25.